The van der Waals surface area contributed by atoms with Crippen molar-refractivity contribution >= 4 is 29.1 Å². The molecule has 2 aromatic rings. The molecule has 0 aliphatic carbocycles. The summed E-state index contributed by atoms with van der Waals surface area (Å²) in [4.78, 5) is 16.4. The van der Waals surface area contributed by atoms with Crippen LogP contribution in [-0.2, 0) is 11.3 Å². The second-order valence-electron chi connectivity index (χ2n) is 5.00. The highest BCUT2D eigenvalue weighted by Crippen LogP contribution is 2.33. The summed E-state index contributed by atoms with van der Waals surface area (Å²) in [5, 5.41) is 3.34. The average Bonchev–Trinajstić information content (AvgIpc) is 2.60. The molecule has 0 fully saturated rings. The number of nitrogens with one attached hydrogen (secondary N) is 1. The summed E-state index contributed by atoms with van der Waals surface area (Å²) in [6, 6.07) is 6.57. The van der Waals surface area contributed by atoms with Gasteiger partial charge in [0.05, 0.1) is 23.8 Å². The molecule has 25 heavy (non-hydrogen) atoms. The summed E-state index contributed by atoms with van der Waals surface area (Å²) >= 11 is 12.1. The molecule has 0 atom stereocenters. The molecule has 1 aromatic heterocycles. The maximum absolute atomic E-state index is 12.2. The fraction of sp³-hybridized carbons (Fsp3) is 0.294. The number of ether oxygens (including phenoxy) is 3. The van der Waals surface area contributed by atoms with E-state index in [-0.39, 0.29) is 16.0 Å². The molecule has 2 rings (SSSR count). The summed E-state index contributed by atoms with van der Waals surface area (Å²) in [5.41, 5.74) is 1.18. The van der Waals surface area contributed by atoms with E-state index in [1.54, 1.807) is 19.4 Å². The number of carbonyl (C=O) groups is 1. The smallest absolute Gasteiger partial charge is 0.251 e. The lowest BCUT2D eigenvalue weighted by atomic mass is 10.2. The lowest BCUT2D eigenvalue weighted by Crippen LogP contribution is -2.23. The second kappa shape index (κ2) is 9.46. The first kappa shape index (κ1) is 19.3. The van der Waals surface area contributed by atoms with Crippen molar-refractivity contribution in [3.05, 3.63) is 51.6 Å². The molecule has 0 bridgehead atoms. The van der Waals surface area contributed by atoms with Gasteiger partial charge in [-0.2, -0.15) is 0 Å². The first-order valence-corrected chi connectivity index (χ1v) is 8.18. The SMILES string of the molecule is COCCOc1ccc(CNC(=O)c2cc(Cl)c(OC)c(Cl)c2)cn1. The van der Waals surface area contributed by atoms with Gasteiger partial charge in [-0.1, -0.05) is 29.3 Å². The molecule has 8 heteroatoms. The third-order valence-corrected chi connectivity index (χ3v) is 3.81. The molecule has 0 unspecified atom stereocenters. The van der Waals surface area contributed by atoms with E-state index in [1.807, 2.05) is 6.07 Å². The van der Waals surface area contributed by atoms with Gasteiger partial charge in [0.15, 0.2) is 5.75 Å². The van der Waals surface area contributed by atoms with Crippen molar-refractivity contribution in [2.24, 2.45) is 0 Å². The molecule has 0 saturated heterocycles. The molecular formula is C17H18Cl2N2O4. The number of halogens is 2. The zero-order valence-corrected chi connectivity index (χ0v) is 15.4. The highest BCUT2D eigenvalue weighted by molar-refractivity contribution is 6.37. The number of hydrogen-bond donors (Lipinski definition) is 1. The molecule has 6 nitrogen and oxygen atoms in total. The predicted octanol–water partition coefficient (Wildman–Crippen LogP) is 3.35. The maximum atomic E-state index is 12.2. The van der Waals surface area contributed by atoms with Gasteiger partial charge >= 0.3 is 0 Å². The Balaban J connectivity index is 1.93. The van der Waals surface area contributed by atoms with Crippen LogP contribution >= 0.6 is 23.2 Å². The summed E-state index contributed by atoms with van der Waals surface area (Å²) in [7, 11) is 3.06. The number of hydrogen-bond acceptors (Lipinski definition) is 5. The topological polar surface area (TPSA) is 69.7 Å². The Labute approximate surface area is 156 Å². The normalized spacial score (nSPS) is 10.4. The van der Waals surface area contributed by atoms with Crippen molar-refractivity contribution < 1.29 is 19.0 Å². The average molecular weight is 385 g/mol. The Kier molecular flexibility index (Phi) is 7.31. The molecule has 1 amide bonds. The van der Waals surface area contributed by atoms with Gasteiger partial charge in [-0.15, -0.1) is 0 Å². The number of carbonyl (C=O) groups excluding carboxylic acids is 1. The van der Waals surface area contributed by atoms with Crippen molar-refractivity contribution in [3.63, 3.8) is 0 Å². The maximum Gasteiger partial charge on any atom is 0.251 e. The van der Waals surface area contributed by atoms with Gasteiger partial charge in [0.2, 0.25) is 5.88 Å². The van der Waals surface area contributed by atoms with E-state index in [2.05, 4.69) is 10.3 Å². The Morgan fingerprint density at radius 2 is 1.88 bits per heavy atom. The monoisotopic (exact) mass is 384 g/mol. The van der Waals surface area contributed by atoms with E-state index in [0.717, 1.165) is 5.56 Å². The van der Waals surface area contributed by atoms with Crippen LogP contribution in [0.5, 0.6) is 11.6 Å². The molecular weight excluding hydrogens is 367 g/mol. The van der Waals surface area contributed by atoms with Crippen molar-refractivity contribution in [1.82, 2.24) is 10.3 Å². The zero-order valence-electron chi connectivity index (χ0n) is 13.8. The van der Waals surface area contributed by atoms with E-state index in [9.17, 15) is 4.79 Å². The number of methoxy groups -OCH3 is 2. The number of rotatable bonds is 8. The molecule has 1 heterocycles. The van der Waals surface area contributed by atoms with Gasteiger partial charge in [-0.3, -0.25) is 4.79 Å². The fourth-order valence-corrected chi connectivity index (χ4v) is 2.64. The molecule has 0 saturated carbocycles. The number of aromatic nitrogens is 1. The van der Waals surface area contributed by atoms with Crippen LogP contribution in [0.1, 0.15) is 15.9 Å². The molecule has 1 N–H and O–H groups in total. The number of nitrogens with zero attached hydrogens (tertiary/aromatic N) is 1. The van der Waals surface area contributed by atoms with E-state index in [4.69, 9.17) is 37.4 Å². The fourth-order valence-electron chi connectivity index (χ4n) is 2.00. The van der Waals surface area contributed by atoms with Crippen LogP contribution in [0, 0.1) is 0 Å². The molecule has 0 spiro atoms. The van der Waals surface area contributed by atoms with Crippen LogP contribution in [0.4, 0.5) is 0 Å². The van der Waals surface area contributed by atoms with E-state index in [1.165, 1.54) is 19.2 Å². The third kappa shape index (κ3) is 5.49. The van der Waals surface area contributed by atoms with Crippen LogP contribution < -0.4 is 14.8 Å². The summed E-state index contributed by atoms with van der Waals surface area (Å²) < 4.78 is 15.3. The third-order valence-electron chi connectivity index (χ3n) is 3.25. The number of pyridine rings is 1. The van der Waals surface area contributed by atoms with E-state index >= 15 is 0 Å². The lowest BCUT2D eigenvalue weighted by molar-refractivity contribution is 0.0951. The second-order valence-corrected chi connectivity index (χ2v) is 5.82. The standard InChI is InChI=1S/C17H18Cl2N2O4/c1-23-5-6-25-15-4-3-11(9-20-15)10-21-17(22)12-7-13(18)16(24-2)14(19)8-12/h3-4,7-9H,5-6,10H2,1-2H3,(H,21,22). The van der Waals surface area contributed by atoms with Crippen LogP contribution in [0.15, 0.2) is 30.5 Å². The van der Waals surface area contributed by atoms with Gasteiger partial charge in [-0.05, 0) is 17.7 Å². The zero-order chi connectivity index (χ0) is 18.2. The lowest BCUT2D eigenvalue weighted by Gasteiger charge is -2.10. The molecule has 0 aliphatic heterocycles. The Morgan fingerprint density at radius 1 is 1.16 bits per heavy atom. The highest BCUT2D eigenvalue weighted by Gasteiger charge is 2.13. The van der Waals surface area contributed by atoms with Crippen LogP contribution in [-0.4, -0.2) is 38.3 Å². The van der Waals surface area contributed by atoms with Crippen molar-refractivity contribution in [2.75, 3.05) is 27.4 Å². The van der Waals surface area contributed by atoms with Gasteiger partial charge < -0.3 is 19.5 Å². The van der Waals surface area contributed by atoms with Crippen molar-refractivity contribution in [1.29, 1.82) is 0 Å². The van der Waals surface area contributed by atoms with Crippen LogP contribution in [0.25, 0.3) is 0 Å². The molecule has 134 valence electrons. The largest absolute Gasteiger partial charge is 0.494 e. The number of amides is 1. The quantitative estimate of drug-likeness (QED) is 0.706. The molecule has 0 aliphatic rings. The highest BCUT2D eigenvalue weighted by atomic mass is 35.5. The predicted molar refractivity (Wildman–Crippen MR) is 95.8 cm³/mol. The minimum absolute atomic E-state index is 0.277. The van der Waals surface area contributed by atoms with E-state index < -0.39 is 0 Å². The number of benzene rings is 1. The first-order valence-electron chi connectivity index (χ1n) is 7.43. The van der Waals surface area contributed by atoms with Gasteiger partial charge in [0.1, 0.15) is 6.61 Å². The van der Waals surface area contributed by atoms with Crippen LogP contribution in [0.2, 0.25) is 10.0 Å². The minimum atomic E-state index is -0.299. The molecule has 1 aromatic carbocycles. The van der Waals surface area contributed by atoms with Crippen molar-refractivity contribution in [3.8, 4) is 11.6 Å². The molecule has 0 radical (unpaired) electrons. The van der Waals surface area contributed by atoms with Crippen molar-refractivity contribution in [2.45, 2.75) is 6.54 Å². The van der Waals surface area contributed by atoms with Gasteiger partial charge in [0.25, 0.3) is 5.91 Å². The summed E-state index contributed by atoms with van der Waals surface area (Å²) in [5.74, 6) is 0.542. The van der Waals surface area contributed by atoms with Gasteiger partial charge in [-0.25, -0.2) is 4.98 Å². The van der Waals surface area contributed by atoms with Crippen LogP contribution in [0.3, 0.4) is 0 Å². The van der Waals surface area contributed by atoms with Gasteiger partial charge in [0, 0.05) is 31.5 Å². The Hall–Kier alpha value is -2.02. The Bertz CT molecular complexity index is 700. The Morgan fingerprint density at radius 3 is 2.44 bits per heavy atom. The first-order chi connectivity index (χ1) is 12.0. The summed E-state index contributed by atoms with van der Waals surface area (Å²) in [6.45, 7) is 1.23. The van der Waals surface area contributed by atoms with E-state index in [0.29, 0.717) is 37.0 Å². The summed E-state index contributed by atoms with van der Waals surface area (Å²) in [6.07, 6.45) is 1.64. The minimum Gasteiger partial charge on any atom is -0.494 e.